The summed E-state index contributed by atoms with van der Waals surface area (Å²) in [6.07, 6.45) is 9.30. The van der Waals surface area contributed by atoms with Crippen LogP contribution in [0.2, 0.25) is 0 Å². The van der Waals surface area contributed by atoms with Crippen molar-refractivity contribution in [3.8, 4) is 45.0 Å². The molecular weight excluding hydrogens is 1230 g/mol. The van der Waals surface area contributed by atoms with Crippen LogP contribution in [0.1, 0.15) is 180 Å². The molecule has 0 radical (unpaired) electrons. The maximum Gasteiger partial charge on any atom is 0.227 e. The van der Waals surface area contributed by atoms with Gasteiger partial charge in [0.15, 0.2) is 47.1 Å². The van der Waals surface area contributed by atoms with Crippen molar-refractivity contribution < 1.29 is 70.2 Å². The summed E-state index contributed by atoms with van der Waals surface area (Å²) in [4.78, 5) is 17.6. The summed E-state index contributed by atoms with van der Waals surface area (Å²) in [5.74, 6) is -6.48. The molecule has 3 unspecified atom stereocenters. The second kappa shape index (κ2) is 27.2. The van der Waals surface area contributed by atoms with Gasteiger partial charge in [0, 0.05) is 136 Å². The number of nitrogens with zero attached hydrogens (tertiary/aromatic N) is 8. The summed E-state index contributed by atoms with van der Waals surface area (Å²) >= 11 is 0. The van der Waals surface area contributed by atoms with Crippen LogP contribution in [-0.4, -0.2) is 19.9 Å². The molecule has 0 fully saturated rings. The fourth-order valence-corrected chi connectivity index (χ4v) is 13.1. The fourth-order valence-electron chi connectivity index (χ4n) is 13.1. The Bertz CT molecular complexity index is 6740. The highest BCUT2D eigenvalue weighted by atomic mass is 16.3. The Labute approximate surface area is 621 Å². The Morgan fingerprint density at radius 1 is 0.370 bits per heavy atom. The predicted molar refractivity (Wildman–Crippen MR) is 407 cm³/mol. The normalized spacial score (nSPS) is 18.2. The Balaban J connectivity index is 0.000000143. The van der Waals surface area contributed by atoms with E-state index in [9.17, 15) is 0 Å². The van der Waals surface area contributed by atoms with Gasteiger partial charge in [-0.15, -0.1) is 0 Å². The highest BCUT2D eigenvalue weighted by molar-refractivity contribution is 6.13. The average Bonchev–Trinajstić information content (AvgIpc) is 1.59. The van der Waals surface area contributed by atoms with Crippen LogP contribution in [0.15, 0.2) is 188 Å². The molecule has 0 aliphatic heterocycles. The molecule has 504 valence electrons. The zero-order valence-corrected chi connectivity index (χ0v) is 57.9. The monoisotopic (exact) mass is 1350 g/mol. The van der Waals surface area contributed by atoms with Gasteiger partial charge in [0.2, 0.25) is 28.5 Å². The van der Waals surface area contributed by atoms with Crippen LogP contribution < -0.4 is 18.3 Å². The lowest BCUT2D eigenvalue weighted by molar-refractivity contribution is -0.660. The van der Waals surface area contributed by atoms with Crippen molar-refractivity contribution >= 4 is 88.0 Å². The first-order valence-corrected chi connectivity index (χ1v) is 32.5. The predicted octanol–water partition coefficient (Wildman–Crippen LogP) is 20.9. The summed E-state index contributed by atoms with van der Waals surface area (Å²) in [6, 6.07) is 39.1. The van der Waals surface area contributed by atoms with E-state index in [2.05, 4.69) is 19.9 Å². The molecule has 16 aromatic rings. The fraction of sp³-hybridized carbons (Fsp3) is 0.273. The number of rotatable bonds is 8. The molecule has 0 aliphatic rings. The van der Waals surface area contributed by atoms with E-state index in [0.717, 1.165) is 83.4 Å². The second-order valence-electron chi connectivity index (χ2n) is 25.7. The number of furan rings is 4. The number of hydrogen-bond acceptors (Lipinski definition) is 8. The van der Waals surface area contributed by atoms with E-state index in [1.54, 1.807) is 134 Å². The van der Waals surface area contributed by atoms with E-state index in [0.29, 0.717) is 83.1 Å². The molecule has 4 aromatic carbocycles. The number of pyridine rings is 8. The maximum absolute atomic E-state index is 8.57. The van der Waals surface area contributed by atoms with E-state index in [1.807, 2.05) is 106 Å². The third kappa shape index (κ3) is 12.7. The van der Waals surface area contributed by atoms with Gasteiger partial charge in [0.1, 0.15) is 50.5 Å². The van der Waals surface area contributed by atoms with Gasteiger partial charge in [0.25, 0.3) is 0 Å². The van der Waals surface area contributed by atoms with Crippen LogP contribution in [-0.2, 0) is 28.2 Å². The molecule has 3 atom stereocenters. The van der Waals surface area contributed by atoms with E-state index in [1.165, 1.54) is 39.2 Å². The van der Waals surface area contributed by atoms with Gasteiger partial charge in [-0.1, -0.05) is 97.6 Å². The lowest BCUT2D eigenvalue weighted by atomic mass is 9.98. The zero-order chi connectivity index (χ0) is 92.0. The lowest BCUT2D eigenvalue weighted by Gasteiger charge is -2.07. The molecule has 0 saturated heterocycles. The molecule has 0 bridgehead atoms. The molecule has 0 N–H and O–H groups in total. The molecule has 12 heteroatoms. The number of aromatic nitrogens is 8. The number of benzene rings is 4. The highest BCUT2D eigenvalue weighted by Gasteiger charge is 2.27. The van der Waals surface area contributed by atoms with Crippen LogP contribution in [0, 0.1) is 55.1 Å². The van der Waals surface area contributed by atoms with Crippen LogP contribution >= 0.6 is 0 Å². The van der Waals surface area contributed by atoms with Crippen molar-refractivity contribution in [1.29, 1.82) is 0 Å². The van der Waals surface area contributed by atoms with Crippen LogP contribution in [0.25, 0.3) is 133 Å². The van der Waals surface area contributed by atoms with Crippen molar-refractivity contribution in [3.05, 3.63) is 238 Å². The lowest BCUT2D eigenvalue weighted by Crippen LogP contribution is -2.31. The molecular formula is C88H92N8O4+4. The molecule has 12 aromatic heterocycles. The quantitative estimate of drug-likeness (QED) is 0.138. The number of hydrogen-bond donors (Lipinski definition) is 0. The summed E-state index contributed by atoms with van der Waals surface area (Å²) in [5, 5.41) is 5.15. The minimum Gasteiger partial charge on any atom is -0.455 e. The molecule has 0 spiro atoms. The number of aryl methyl sites for hydroxylation is 12. The van der Waals surface area contributed by atoms with Crippen molar-refractivity contribution in [1.82, 2.24) is 19.9 Å². The summed E-state index contributed by atoms with van der Waals surface area (Å²) in [6.45, 7) is -1.02. The van der Waals surface area contributed by atoms with Gasteiger partial charge in [-0.2, -0.15) is 0 Å². The van der Waals surface area contributed by atoms with Gasteiger partial charge < -0.3 is 17.7 Å². The van der Waals surface area contributed by atoms with E-state index < -0.39 is 71.5 Å². The van der Waals surface area contributed by atoms with Crippen LogP contribution in [0.4, 0.5) is 0 Å². The van der Waals surface area contributed by atoms with E-state index >= 15 is 0 Å². The van der Waals surface area contributed by atoms with Gasteiger partial charge >= 0.3 is 0 Å². The second-order valence-corrected chi connectivity index (χ2v) is 25.7. The minimum atomic E-state index is -2.58. The molecule has 100 heavy (non-hydrogen) atoms. The van der Waals surface area contributed by atoms with Gasteiger partial charge in [-0.25, -0.2) is 28.2 Å². The van der Waals surface area contributed by atoms with Crippen molar-refractivity contribution in [2.75, 3.05) is 0 Å². The zero-order valence-electron chi connectivity index (χ0n) is 82.9. The molecule has 12 heterocycles. The molecule has 0 amide bonds. The summed E-state index contributed by atoms with van der Waals surface area (Å²) < 4.78 is 227. The maximum atomic E-state index is 8.57. The van der Waals surface area contributed by atoms with Crippen molar-refractivity contribution in [3.63, 3.8) is 0 Å². The SMILES string of the molecule is [2H]C([2H])([2H])c1ccc(-c2c(C)ccc3c2oc2ccc(C([2H])(C)C([2H])([2H])[2H])nc23)[n+](C)c1.[2H]C([2H])([2H])c1ccc(-c2c(C)ccc3c2oc2ccnc(C([2H])(C)C([2H])([2H])[2H])c23)[n+](C)c1.[2H]C([2H])([2H])c1ccc(-c2c(C)ccc3c2oc2cnc(C([2H])(C)C([2H])([2H])[2H])cc23)[n+](C)c1.[2H]C([2H])([2H])c1ccc(-c2c(C)ccc3c2oc2nc(C([2H])(C)C)ccc23)[n+](C)c1. The first-order chi connectivity index (χ1) is 57.6. The van der Waals surface area contributed by atoms with Crippen molar-refractivity contribution in [2.24, 2.45) is 28.2 Å². The van der Waals surface area contributed by atoms with Gasteiger partial charge in [0.05, 0.1) is 39.5 Å². The molecule has 0 aliphatic carbocycles. The Hall–Kier alpha value is -10.7. The van der Waals surface area contributed by atoms with Crippen molar-refractivity contribution in [2.45, 2.75) is 134 Å². The average molecular weight is 1350 g/mol. The summed E-state index contributed by atoms with van der Waals surface area (Å²) in [5.41, 5.74) is 17.1. The molecule has 16 rings (SSSR count). The van der Waals surface area contributed by atoms with Gasteiger partial charge in [-0.05, 0) is 168 Å². The first-order valence-electron chi connectivity index (χ1n) is 45.0. The molecule has 12 nitrogen and oxygen atoms in total. The Morgan fingerprint density at radius 2 is 0.790 bits per heavy atom. The first kappa shape index (κ1) is 43.6. The Kier molecular flexibility index (Phi) is 11.9. The van der Waals surface area contributed by atoms with Crippen LogP contribution in [0.5, 0.6) is 0 Å². The largest absolute Gasteiger partial charge is 0.455 e. The van der Waals surface area contributed by atoms with E-state index in [-0.39, 0.29) is 33.8 Å². The third-order valence-corrected chi connectivity index (χ3v) is 18.1. The third-order valence-electron chi connectivity index (χ3n) is 18.1. The summed E-state index contributed by atoms with van der Waals surface area (Å²) in [7, 11) is 7.18. The number of fused-ring (bicyclic) bond motifs is 12. The van der Waals surface area contributed by atoms with E-state index in [4.69, 9.17) is 51.9 Å². The molecule has 0 saturated carbocycles. The smallest absolute Gasteiger partial charge is 0.227 e. The van der Waals surface area contributed by atoms with Gasteiger partial charge in [-0.3, -0.25) is 9.97 Å². The minimum absolute atomic E-state index is 0.130. The topological polar surface area (TPSA) is 120 Å². The highest BCUT2D eigenvalue weighted by Crippen LogP contribution is 2.43. The Morgan fingerprint density at radius 3 is 1.29 bits per heavy atom. The van der Waals surface area contributed by atoms with Crippen LogP contribution in [0.3, 0.4) is 0 Å². The standard InChI is InChI=1S/4C22H23N2O/c1-13(2)18-10-9-17-16-8-7-15(4)20(21(16)25-22(17)23-18)19-11-6-14(3)12-24(19)5;1-13(2)17-9-11-19-21(23-17)16-8-7-15(4)20(22(16)25-19)18-10-6-14(3)12-24(18)5;1-13(2)18-10-17-16-8-7-15(4)21(22(16)25-20(17)11-23-18)19-9-6-14(3)12-24(19)5;1-13(2)21-20-16-8-7-15(4)19(17-9-6-14(3)12-24(17)5)22(16)25-18(20)10-11-23-21/h4*6-13H,1-5H3/q4*+1/i3D3,13D;3*1D3,3D3,13D.